The van der Waals surface area contributed by atoms with Crippen molar-refractivity contribution in [3.05, 3.63) is 34.9 Å². The molecule has 0 aliphatic carbocycles. The molecule has 0 aliphatic heterocycles. The van der Waals surface area contributed by atoms with Crippen LogP contribution in [0.15, 0.2) is 24.3 Å². The third kappa shape index (κ3) is 4.59. The summed E-state index contributed by atoms with van der Waals surface area (Å²) >= 11 is 6.15. The highest BCUT2D eigenvalue weighted by atomic mass is 35.5. The van der Waals surface area contributed by atoms with Crippen LogP contribution in [0, 0.1) is 0 Å². The number of carbonyl (C=O) groups excluding carboxylic acids is 1. The zero-order valence-electron chi connectivity index (χ0n) is 11.6. The van der Waals surface area contributed by atoms with Gasteiger partial charge in [-0.05, 0) is 23.8 Å². The maximum atomic E-state index is 11.6. The van der Waals surface area contributed by atoms with E-state index >= 15 is 0 Å². The smallest absolute Gasteiger partial charge is 0.328 e. The molecule has 1 N–H and O–H groups in total. The fourth-order valence-electron chi connectivity index (χ4n) is 1.53. The number of carbonyl (C=O) groups is 2. The molecule has 0 spiro atoms. The van der Waals surface area contributed by atoms with E-state index in [-0.39, 0.29) is 12.5 Å². The number of aliphatic carboxylic acids is 1. The molecule has 0 fully saturated rings. The van der Waals surface area contributed by atoms with Gasteiger partial charge in [-0.1, -0.05) is 17.7 Å². The van der Waals surface area contributed by atoms with Crippen LogP contribution in [0.2, 0.25) is 5.02 Å². The summed E-state index contributed by atoms with van der Waals surface area (Å²) in [5, 5.41) is 9.03. The Kier molecular flexibility index (Phi) is 5.58. The van der Waals surface area contributed by atoms with Crippen LogP contribution in [0.3, 0.4) is 0 Å². The lowest BCUT2D eigenvalue weighted by Gasteiger charge is -2.22. The van der Waals surface area contributed by atoms with Gasteiger partial charge >= 0.3 is 5.97 Å². The topological polar surface area (TPSA) is 60.9 Å². The third-order valence-corrected chi connectivity index (χ3v) is 2.98. The Balaban J connectivity index is 2.87. The summed E-state index contributed by atoms with van der Waals surface area (Å²) in [4.78, 5) is 25.3. The second kappa shape index (κ2) is 6.96. The first-order chi connectivity index (χ1) is 9.31. The van der Waals surface area contributed by atoms with Gasteiger partial charge in [0.1, 0.15) is 0 Å². The first-order valence-corrected chi connectivity index (χ1v) is 6.31. The van der Waals surface area contributed by atoms with Crippen molar-refractivity contribution in [1.29, 1.82) is 0 Å². The molecule has 0 bridgehead atoms. The molecule has 1 rings (SSSR count). The van der Waals surface area contributed by atoms with Gasteiger partial charge in [-0.2, -0.15) is 0 Å². The van der Waals surface area contributed by atoms with Gasteiger partial charge in [-0.25, -0.2) is 4.79 Å². The summed E-state index contributed by atoms with van der Waals surface area (Å²) in [6, 6.07) is 5.16. The Bertz CT molecular complexity index is 541. The van der Waals surface area contributed by atoms with Gasteiger partial charge in [0.25, 0.3) is 0 Å². The number of amides is 1. The minimum atomic E-state index is -1.01. The highest BCUT2D eigenvalue weighted by Gasteiger charge is 2.11. The number of hydrogen-bond donors (Lipinski definition) is 1. The van der Waals surface area contributed by atoms with Gasteiger partial charge in [0, 0.05) is 27.2 Å². The van der Waals surface area contributed by atoms with E-state index in [0.29, 0.717) is 16.3 Å². The Labute approximate surface area is 123 Å². The fourth-order valence-corrected chi connectivity index (χ4v) is 1.87. The number of carboxylic acid groups (broad SMARTS) is 1. The first kappa shape index (κ1) is 16.0. The Morgan fingerprint density at radius 1 is 1.30 bits per heavy atom. The average molecular weight is 297 g/mol. The molecule has 1 aromatic carbocycles. The minimum absolute atomic E-state index is 0.0292. The van der Waals surface area contributed by atoms with Gasteiger partial charge in [0.15, 0.2) is 0 Å². The maximum Gasteiger partial charge on any atom is 0.328 e. The standard InChI is InChI=1S/C14H17ClN2O3/c1-16(2)13(18)9-17(3)12-6-4-10(8-11(12)15)5-7-14(19)20/h4-8H,9H2,1-3H3,(H,19,20)/b7-5+. The van der Waals surface area contributed by atoms with E-state index < -0.39 is 5.97 Å². The van der Waals surface area contributed by atoms with E-state index in [0.717, 1.165) is 6.08 Å². The van der Waals surface area contributed by atoms with E-state index in [4.69, 9.17) is 16.7 Å². The third-order valence-electron chi connectivity index (χ3n) is 2.67. The zero-order chi connectivity index (χ0) is 15.3. The van der Waals surface area contributed by atoms with Crippen LogP contribution in [0.4, 0.5) is 5.69 Å². The maximum absolute atomic E-state index is 11.6. The molecule has 0 heterocycles. The Hall–Kier alpha value is -2.01. The number of halogens is 1. The van der Waals surface area contributed by atoms with Gasteiger partial charge in [-0.15, -0.1) is 0 Å². The summed E-state index contributed by atoms with van der Waals surface area (Å²) in [7, 11) is 5.16. The van der Waals surface area contributed by atoms with Crippen molar-refractivity contribution < 1.29 is 14.7 Å². The predicted molar refractivity (Wildman–Crippen MR) is 80.1 cm³/mol. The molecule has 6 heteroatoms. The van der Waals surface area contributed by atoms with Crippen LogP contribution >= 0.6 is 11.6 Å². The minimum Gasteiger partial charge on any atom is -0.478 e. The molecule has 0 atom stereocenters. The van der Waals surface area contributed by atoms with Crippen molar-refractivity contribution >= 4 is 35.2 Å². The lowest BCUT2D eigenvalue weighted by molar-refractivity contribution is -0.131. The number of anilines is 1. The largest absolute Gasteiger partial charge is 0.478 e. The molecule has 0 saturated heterocycles. The summed E-state index contributed by atoms with van der Waals surface area (Å²) in [5.74, 6) is -1.04. The van der Waals surface area contributed by atoms with Gasteiger partial charge < -0.3 is 14.9 Å². The van der Waals surface area contributed by atoms with Crippen molar-refractivity contribution in [2.24, 2.45) is 0 Å². The summed E-state index contributed by atoms with van der Waals surface area (Å²) in [6.07, 6.45) is 2.51. The monoisotopic (exact) mass is 296 g/mol. The van der Waals surface area contributed by atoms with Gasteiger partial charge in [0.2, 0.25) is 5.91 Å². The van der Waals surface area contributed by atoms with Crippen LogP contribution < -0.4 is 4.90 Å². The van der Waals surface area contributed by atoms with Crippen LogP contribution in [-0.4, -0.2) is 49.6 Å². The molecule has 20 heavy (non-hydrogen) atoms. The number of nitrogens with zero attached hydrogens (tertiary/aromatic N) is 2. The average Bonchev–Trinajstić information content (AvgIpc) is 2.35. The van der Waals surface area contributed by atoms with Crippen LogP contribution in [0.25, 0.3) is 6.08 Å². The number of benzene rings is 1. The second-order valence-electron chi connectivity index (χ2n) is 4.53. The number of hydrogen-bond acceptors (Lipinski definition) is 3. The predicted octanol–water partition coefficient (Wildman–Crippen LogP) is 1.96. The lowest BCUT2D eigenvalue weighted by atomic mass is 10.2. The SMILES string of the molecule is CN(C)C(=O)CN(C)c1ccc(/C=C/C(=O)O)cc1Cl. The molecular weight excluding hydrogens is 280 g/mol. The van der Waals surface area contributed by atoms with Crippen molar-refractivity contribution in [2.75, 3.05) is 32.6 Å². The van der Waals surface area contributed by atoms with Gasteiger partial charge in [0.05, 0.1) is 17.3 Å². The van der Waals surface area contributed by atoms with Crippen LogP contribution in [-0.2, 0) is 9.59 Å². The molecular formula is C14H17ClN2O3. The van der Waals surface area contributed by atoms with Gasteiger partial charge in [-0.3, -0.25) is 4.79 Å². The van der Waals surface area contributed by atoms with Crippen molar-refractivity contribution in [3.8, 4) is 0 Å². The molecule has 0 aliphatic rings. The number of carboxylic acids is 1. The van der Waals surface area contributed by atoms with Crippen molar-refractivity contribution in [3.63, 3.8) is 0 Å². The van der Waals surface area contributed by atoms with E-state index in [1.807, 2.05) is 0 Å². The van der Waals surface area contributed by atoms with Crippen molar-refractivity contribution in [1.82, 2.24) is 4.90 Å². The van der Waals surface area contributed by atoms with Crippen LogP contribution in [0.5, 0.6) is 0 Å². The highest BCUT2D eigenvalue weighted by Crippen LogP contribution is 2.26. The molecule has 1 amide bonds. The molecule has 5 nitrogen and oxygen atoms in total. The first-order valence-electron chi connectivity index (χ1n) is 5.93. The summed E-state index contributed by atoms with van der Waals surface area (Å²) in [6.45, 7) is 0.219. The van der Waals surface area contributed by atoms with Crippen molar-refractivity contribution in [2.45, 2.75) is 0 Å². The molecule has 0 aromatic heterocycles. The lowest BCUT2D eigenvalue weighted by Crippen LogP contribution is -2.34. The fraction of sp³-hybridized carbons (Fsp3) is 0.286. The molecule has 108 valence electrons. The van der Waals surface area contributed by atoms with E-state index in [1.54, 1.807) is 44.2 Å². The number of likely N-dealkylation sites (N-methyl/N-ethyl adjacent to an activating group) is 2. The quantitative estimate of drug-likeness (QED) is 0.844. The Morgan fingerprint density at radius 3 is 2.45 bits per heavy atom. The number of rotatable bonds is 5. The molecule has 0 unspecified atom stereocenters. The van der Waals surface area contributed by atoms with Crippen LogP contribution in [0.1, 0.15) is 5.56 Å². The summed E-state index contributed by atoms with van der Waals surface area (Å²) in [5.41, 5.74) is 1.41. The zero-order valence-corrected chi connectivity index (χ0v) is 12.4. The molecule has 0 saturated carbocycles. The van der Waals surface area contributed by atoms with E-state index in [2.05, 4.69) is 0 Å². The second-order valence-corrected chi connectivity index (χ2v) is 4.93. The molecule has 0 radical (unpaired) electrons. The Morgan fingerprint density at radius 2 is 1.95 bits per heavy atom. The van der Waals surface area contributed by atoms with E-state index in [9.17, 15) is 9.59 Å². The van der Waals surface area contributed by atoms with E-state index in [1.165, 1.54) is 11.0 Å². The highest BCUT2D eigenvalue weighted by molar-refractivity contribution is 6.33. The molecule has 1 aromatic rings. The normalized spacial score (nSPS) is 10.6. The summed E-state index contributed by atoms with van der Waals surface area (Å²) < 4.78 is 0.